The number of rotatable bonds is 6. The average Bonchev–Trinajstić information content (AvgIpc) is 2.97. The number of amides is 1. The van der Waals surface area contributed by atoms with Crippen LogP contribution >= 0.6 is 0 Å². The molecule has 0 bridgehead atoms. The lowest BCUT2D eigenvalue weighted by atomic mass is 10.2. The van der Waals surface area contributed by atoms with Crippen LogP contribution in [0.4, 0.5) is 16.6 Å². The Morgan fingerprint density at radius 1 is 1.36 bits per heavy atom. The van der Waals surface area contributed by atoms with Crippen molar-refractivity contribution in [2.45, 2.75) is 46.6 Å². The normalized spacial score (nSPS) is 11.4. The SMILES string of the molecule is CCCN(CC)c1nc(N(C)NC(=O)OC(C)(C)C)c2cccn2n1. The zero-order valence-electron chi connectivity index (χ0n) is 15.9. The molecule has 0 aromatic carbocycles. The van der Waals surface area contributed by atoms with E-state index in [4.69, 9.17) is 4.74 Å². The van der Waals surface area contributed by atoms with Crippen molar-refractivity contribution in [3.8, 4) is 0 Å². The number of carbonyl (C=O) groups is 1. The van der Waals surface area contributed by atoms with E-state index in [1.54, 1.807) is 16.6 Å². The third-order valence-electron chi connectivity index (χ3n) is 3.49. The quantitative estimate of drug-likeness (QED) is 0.809. The molecular formula is C17H28N6O2. The number of anilines is 2. The number of hydrazine groups is 1. The molecule has 0 radical (unpaired) electrons. The molecule has 25 heavy (non-hydrogen) atoms. The average molecular weight is 348 g/mol. The van der Waals surface area contributed by atoms with Crippen LogP contribution in [-0.4, -0.2) is 46.4 Å². The number of ether oxygens (including phenoxy) is 1. The first kappa shape index (κ1) is 18.8. The Bertz CT molecular complexity index is 721. The molecule has 0 saturated heterocycles. The minimum absolute atomic E-state index is 0.527. The Balaban J connectivity index is 2.32. The second kappa shape index (κ2) is 7.58. The van der Waals surface area contributed by atoms with Crippen molar-refractivity contribution < 1.29 is 9.53 Å². The van der Waals surface area contributed by atoms with Gasteiger partial charge in [-0.05, 0) is 46.2 Å². The highest BCUT2D eigenvalue weighted by molar-refractivity contribution is 5.75. The topological polar surface area (TPSA) is 75.0 Å². The van der Waals surface area contributed by atoms with Crippen LogP contribution in [0.5, 0.6) is 0 Å². The van der Waals surface area contributed by atoms with Crippen LogP contribution in [0, 0.1) is 0 Å². The number of nitrogens with zero attached hydrogens (tertiary/aromatic N) is 5. The molecule has 2 aromatic heterocycles. The van der Waals surface area contributed by atoms with E-state index < -0.39 is 11.7 Å². The zero-order chi connectivity index (χ0) is 18.6. The highest BCUT2D eigenvalue weighted by atomic mass is 16.6. The van der Waals surface area contributed by atoms with Gasteiger partial charge in [0, 0.05) is 26.3 Å². The fourth-order valence-electron chi connectivity index (χ4n) is 2.45. The minimum Gasteiger partial charge on any atom is -0.443 e. The van der Waals surface area contributed by atoms with Crippen LogP contribution in [0.25, 0.3) is 5.52 Å². The molecule has 2 aromatic rings. The molecule has 2 heterocycles. The van der Waals surface area contributed by atoms with Crippen molar-refractivity contribution in [2.24, 2.45) is 0 Å². The number of nitrogens with one attached hydrogen (secondary N) is 1. The second-order valence-corrected chi connectivity index (χ2v) is 6.83. The summed E-state index contributed by atoms with van der Waals surface area (Å²) in [5, 5.41) is 6.13. The first-order valence-corrected chi connectivity index (χ1v) is 8.59. The standard InChI is InChI=1S/C17H28N6O2/c1-7-11-22(8-2)15-18-14(13-10-9-12-23(13)19-15)21(6)20-16(24)25-17(3,4)5/h9-10,12H,7-8,11H2,1-6H3,(H,20,24). The van der Waals surface area contributed by atoms with E-state index in [-0.39, 0.29) is 0 Å². The van der Waals surface area contributed by atoms with Gasteiger partial charge in [-0.1, -0.05) is 6.92 Å². The van der Waals surface area contributed by atoms with E-state index in [1.165, 1.54) is 0 Å². The van der Waals surface area contributed by atoms with Gasteiger partial charge in [-0.25, -0.2) is 14.7 Å². The van der Waals surface area contributed by atoms with E-state index in [0.717, 1.165) is 25.0 Å². The fraction of sp³-hybridized carbons (Fsp3) is 0.588. The van der Waals surface area contributed by atoms with E-state index in [1.807, 2.05) is 39.1 Å². The van der Waals surface area contributed by atoms with Crippen LogP contribution in [0.1, 0.15) is 41.0 Å². The van der Waals surface area contributed by atoms with Crippen molar-refractivity contribution in [2.75, 3.05) is 30.0 Å². The first-order chi connectivity index (χ1) is 11.7. The summed E-state index contributed by atoms with van der Waals surface area (Å²) < 4.78 is 7.08. The van der Waals surface area contributed by atoms with Gasteiger partial charge in [0.2, 0.25) is 5.95 Å². The molecule has 0 aliphatic heterocycles. The molecule has 8 nitrogen and oxygen atoms in total. The van der Waals surface area contributed by atoms with Gasteiger partial charge < -0.3 is 9.64 Å². The second-order valence-electron chi connectivity index (χ2n) is 6.83. The first-order valence-electron chi connectivity index (χ1n) is 8.59. The summed E-state index contributed by atoms with van der Waals surface area (Å²) in [6.07, 6.45) is 2.34. The molecule has 0 aliphatic carbocycles. The molecular weight excluding hydrogens is 320 g/mol. The smallest absolute Gasteiger partial charge is 0.426 e. The maximum atomic E-state index is 12.1. The number of fused-ring (bicyclic) bond motifs is 1. The van der Waals surface area contributed by atoms with Gasteiger partial charge >= 0.3 is 6.09 Å². The summed E-state index contributed by atoms with van der Waals surface area (Å²) in [7, 11) is 1.74. The summed E-state index contributed by atoms with van der Waals surface area (Å²) in [6, 6.07) is 3.80. The number of aromatic nitrogens is 3. The molecule has 138 valence electrons. The summed E-state index contributed by atoms with van der Waals surface area (Å²) in [5.74, 6) is 1.23. The number of hydrogen-bond acceptors (Lipinski definition) is 6. The van der Waals surface area contributed by atoms with Crippen LogP contribution < -0.4 is 15.3 Å². The highest BCUT2D eigenvalue weighted by Gasteiger charge is 2.20. The fourth-order valence-corrected chi connectivity index (χ4v) is 2.45. The van der Waals surface area contributed by atoms with Gasteiger partial charge in [0.25, 0.3) is 0 Å². The largest absolute Gasteiger partial charge is 0.443 e. The Kier molecular flexibility index (Phi) is 5.71. The zero-order valence-corrected chi connectivity index (χ0v) is 15.9. The maximum absolute atomic E-state index is 12.1. The van der Waals surface area contributed by atoms with E-state index in [2.05, 4.69) is 34.3 Å². The van der Waals surface area contributed by atoms with Crippen molar-refractivity contribution >= 4 is 23.4 Å². The predicted octanol–water partition coefficient (Wildman–Crippen LogP) is 2.84. The van der Waals surface area contributed by atoms with Crippen LogP contribution in [0.15, 0.2) is 18.3 Å². The molecule has 0 atom stereocenters. The monoisotopic (exact) mass is 348 g/mol. The highest BCUT2D eigenvalue weighted by Crippen LogP contribution is 2.21. The lowest BCUT2D eigenvalue weighted by molar-refractivity contribution is 0.0524. The van der Waals surface area contributed by atoms with E-state index in [9.17, 15) is 4.79 Å². The summed E-state index contributed by atoms with van der Waals surface area (Å²) in [5.41, 5.74) is 2.94. The van der Waals surface area contributed by atoms with Gasteiger partial charge in [0.05, 0.1) is 0 Å². The van der Waals surface area contributed by atoms with E-state index >= 15 is 0 Å². The van der Waals surface area contributed by atoms with Crippen molar-refractivity contribution in [3.63, 3.8) is 0 Å². The summed E-state index contributed by atoms with van der Waals surface area (Å²) in [4.78, 5) is 18.8. The molecule has 2 rings (SSSR count). The maximum Gasteiger partial charge on any atom is 0.426 e. The van der Waals surface area contributed by atoms with Crippen molar-refractivity contribution in [1.29, 1.82) is 0 Å². The van der Waals surface area contributed by atoms with Gasteiger partial charge in [-0.2, -0.15) is 4.98 Å². The third kappa shape index (κ3) is 4.74. The lowest BCUT2D eigenvalue weighted by Crippen LogP contribution is -2.43. The molecule has 1 N–H and O–H groups in total. The van der Waals surface area contributed by atoms with Crippen LogP contribution in [-0.2, 0) is 4.74 Å². The Morgan fingerprint density at radius 2 is 2.08 bits per heavy atom. The predicted molar refractivity (Wildman–Crippen MR) is 98.9 cm³/mol. The molecule has 0 unspecified atom stereocenters. The van der Waals surface area contributed by atoms with Gasteiger partial charge in [0.15, 0.2) is 5.82 Å². The van der Waals surface area contributed by atoms with E-state index in [0.29, 0.717) is 11.8 Å². The molecule has 0 saturated carbocycles. The van der Waals surface area contributed by atoms with Gasteiger partial charge in [-0.3, -0.25) is 5.01 Å². The number of carbonyl (C=O) groups excluding carboxylic acids is 1. The lowest BCUT2D eigenvalue weighted by Gasteiger charge is -2.26. The Labute approximate surface area is 148 Å². The van der Waals surface area contributed by atoms with Gasteiger partial charge in [-0.15, -0.1) is 5.10 Å². The van der Waals surface area contributed by atoms with Crippen molar-refractivity contribution in [3.05, 3.63) is 18.3 Å². The number of hydrogen-bond donors (Lipinski definition) is 1. The Hall–Kier alpha value is -2.51. The van der Waals surface area contributed by atoms with Crippen molar-refractivity contribution in [1.82, 2.24) is 20.0 Å². The van der Waals surface area contributed by atoms with Gasteiger partial charge in [0.1, 0.15) is 11.1 Å². The minimum atomic E-state index is -0.563. The molecule has 0 fully saturated rings. The van der Waals surface area contributed by atoms with Crippen LogP contribution in [0.3, 0.4) is 0 Å². The molecule has 8 heteroatoms. The molecule has 0 aliphatic rings. The molecule has 0 spiro atoms. The third-order valence-corrected chi connectivity index (χ3v) is 3.49. The summed E-state index contributed by atoms with van der Waals surface area (Å²) >= 11 is 0. The Morgan fingerprint density at radius 3 is 2.68 bits per heavy atom. The summed E-state index contributed by atoms with van der Waals surface area (Å²) in [6.45, 7) is 11.3. The molecule has 1 amide bonds. The van der Waals surface area contributed by atoms with Crippen LogP contribution in [0.2, 0.25) is 0 Å².